The molecule has 0 radical (unpaired) electrons. The molecule has 1 aromatic rings. The van der Waals surface area contributed by atoms with E-state index >= 15 is 0 Å². The number of carbonyl (C=O) groups excluding carboxylic acids is 1. The van der Waals surface area contributed by atoms with Crippen molar-refractivity contribution in [2.24, 2.45) is 29.1 Å². The van der Waals surface area contributed by atoms with Crippen LogP contribution in [0.4, 0.5) is 5.69 Å². The minimum atomic E-state index is -0.934. The van der Waals surface area contributed by atoms with Crippen LogP contribution in [0, 0.1) is 40.9 Å². The first-order valence-corrected chi connectivity index (χ1v) is 14.3. The lowest BCUT2D eigenvalue weighted by Gasteiger charge is -2.59. The van der Waals surface area contributed by atoms with Crippen molar-refractivity contribution < 1.29 is 9.90 Å². The molecular weight excluding hydrogens is 554 g/mol. The third-order valence-corrected chi connectivity index (χ3v) is 11.2. The normalized spacial score (nSPS) is 40.9. The Labute approximate surface area is 221 Å². The quantitative estimate of drug-likeness (QED) is 0.317. The van der Waals surface area contributed by atoms with E-state index in [2.05, 4.69) is 87.8 Å². The van der Waals surface area contributed by atoms with Crippen LogP contribution in [0.15, 0.2) is 34.3 Å². The number of hydrogen-bond donors (Lipinski definition) is 1. The molecule has 5 heteroatoms. The summed E-state index contributed by atoms with van der Waals surface area (Å²) in [5.41, 5.74) is 2.65. The van der Waals surface area contributed by atoms with Gasteiger partial charge in [-0.2, -0.15) is 0 Å². The molecular formula is C29H35Br2NO2. The van der Waals surface area contributed by atoms with Crippen LogP contribution < -0.4 is 4.90 Å². The lowest BCUT2D eigenvalue weighted by molar-refractivity contribution is -0.117. The Hall–Kier alpha value is -1.09. The number of rotatable bonds is 2. The van der Waals surface area contributed by atoms with Crippen molar-refractivity contribution in [2.45, 2.75) is 68.7 Å². The fourth-order valence-corrected chi connectivity index (χ4v) is 9.81. The number of carbonyl (C=O) groups is 1. The summed E-state index contributed by atoms with van der Waals surface area (Å²) in [6.07, 6.45) is 7.31. The Morgan fingerprint density at radius 2 is 1.97 bits per heavy atom. The molecule has 1 aromatic carbocycles. The van der Waals surface area contributed by atoms with E-state index in [9.17, 15) is 9.90 Å². The van der Waals surface area contributed by atoms with Crippen LogP contribution in [-0.2, 0) is 4.79 Å². The summed E-state index contributed by atoms with van der Waals surface area (Å²) in [5.74, 6) is 8.77. The maximum Gasteiger partial charge on any atom is 0.155 e. The summed E-state index contributed by atoms with van der Waals surface area (Å²) >= 11 is 7.81. The zero-order valence-electron chi connectivity index (χ0n) is 20.6. The van der Waals surface area contributed by atoms with Gasteiger partial charge in [0, 0.05) is 35.2 Å². The number of halogens is 2. The van der Waals surface area contributed by atoms with E-state index in [0.717, 1.165) is 36.6 Å². The van der Waals surface area contributed by atoms with Gasteiger partial charge < -0.3 is 10.0 Å². The summed E-state index contributed by atoms with van der Waals surface area (Å²) in [6.45, 7) is 4.15. The monoisotopic (exact) mass is 587 g/mol. The number of allylic oxidation sites excluding steroid dienone is 1. The average Bonchev–Trinajstić information content (AvgIpc) is 3.04. The molecule has 0 aliphatic heterocycles. The number of fused-ring (bicyclic) bond motifs is 5. The highest BCUT2D eigenvalue weighted by Crippen LogP contribution is 2.68. The number of alkyl halides is 1. The average molecular weight is 589 g/mol. The predicted octanol–water partition coefficient (Wildman–Crippen LogP) is 6.48. The molecule has 8 atom stereocenters. The fourth-order valence-electron chi connectivity index (χ4n) is 8.15. The van der Waals surface area contributed by atoms with Gasteiger partial charge in [-0.25, -0.2) is 0 Å². The first-order valence-electron chi connectivity index (χ1n) is 12.6. The van der Waals surface area contributed by atoms with Crippen LogP contribution in [0.1, 0.15) is 63.9 Å². The van der Waals surface area contributed by atoms with Gasteiger partial charge in [0.1, 0.15) is 5.60 Å². The highest BCUT2D eigenvalue weighted by atomic mass is 79.9. The molecule has 0 saturated heterocycles. The molecule has 1 N–H and O–H groups in total. The molecule has 5 rings (SSSR count). The summed E-state index contributed by atoms with van der Waals surface area (Å²) in [4.78, 5) is 14.7. The maximum atomic E-state index is 12.4. The summed E-state index contributed by atoms with van der Waals surface area (Å²) in [7, 11) is 4.13. The highest BCUT2D eigenvalue weighted by Gasteiger charge is 2.65. The minimum absolute atomic E-state index is 0.243. The van der Waals surface area contributed by atoms with E-state index in [4.69, 9.17) is 0 Å². The van der Waals surface area contributed by atoms with Crippen molar-refractivity contribution in [3.8, 4) is 11.8 Å². The Bertz CT molecular complexity index is 1100. The van der Waals surface area contributed by atoms with Gasteiger partial charge in [-0.05, 0) is 114 Å². The second-order valence-electron chi connectivity index (χ2n) is 11.4. The van der Waals surface area contributed by atoms with Crippen LogP contribution in [0.25, 0.3) is 0 Å². The van der Waals surface area contributed by atoms with Gasteiger partial charge in [0.25, 0.3) is 0 Å². The molecule has 4 aliphatic rings. The molecule has 0 heterocycles. The standard InChI is InChI=1S/C29H35Br2NO2/c1-5-11-29(34)12-10-23-21-15-24(30)20-14-18(33)7-8-19(20)27(21)22(16-28(23,29)2)17-6-9-26(32(3)4)25(31)13-17/h6,9,13-14,19,21-24,27,34H,7-8,10,12,15-16H2,1-4H3/t19-,21-,22+,23-,24+,27+,28-,29-/m0/s1. The number of benzene rings is 1. The van der Waals surface area contributed by atoms with Gasteiger partial charge in [0.15, 0.2) is 5.78 Å². The summed E-state index contributed by atoms with van der Waals surface area (Å²) in [5, 5.41) is 11.8. The van der Waals surface area contributed by atoms with E-state index in [-0.39, 0.29) is 16.0 Å². The zero-order chi connectivity index (χ0) is 24.4. The Morgan fingerprint density at radius 1 is 1.21 bits per heavy atom. The van der Waals surface area contributed by atoms with E-state index in [1.165, 1.54) is 16.8 Å². The molecule has 34 heavy (non-hydrogen) atoms. The molecule has 0 bridgehead atoms. The van der Waals surface area contributed by atoms with E-state index in [1.54, 1.807) is 0 Å². The Balaban J connectivity index is 1.65. The largest absolute Gasteiger partial charge is 0.377 e. The molecule has 0 amide bonds. The second-order valence-corrected chi connectivity index (χ2v) is 13.4. The van der Waals surface area contributed by atoms with Crippen molar-refractivity contribution in [2.75, 3.05) is 19.0 Å². The lowest BCUT2D eigenvalue weighted by Crippen LogP contribution is -2.55. The van der Waals surface area contributed by atoms with Crippen LogP contribution in [0.3, 0.4) is 0 Å². The minimum Gasteiger partial charge on any atom is -0.377 e. The molecule has 0 unspecified atom stereocenters. The van der Waals surface area contributed by atoms with Crippen LogP contribution in [-0.4, -0.2) is 35.4 Å². The first-order chi connectivity index (χ1) is 16.1. The Morgan fingerprint density at radius 3 is 2.65 bits per heavy atom. The van der Waals surface area contributed by atoms with E-state index < -0.39 is 5.60 Å². The van der Waals surface area contributed by atoms with Crippen molar-refractivity contribution in [1.29, 1.82) is 0 Å². The van der Waals surface area contributed by atoms with Crippen molar-refractivity contribution in [3.63, 3.8) is 0 Å². The van der Waals surface area contributed by atoms with Crippen molar-refractivity contribution in [1.82, 2.24) is 0 Å². The molecule has 0 spiro atoms. The molecule has 3 saturated carbocycles. The van der Waals surface area contributed by atoms with Crippen LogP contribution >= 0.6 is 31.9 Å². The van der Waals surface area contributed by atoms with Gasteiger partial charge in [0.2, 0.25) is 0 Å². The topological polar surface area (TPSA) is 40.5 Å². The number of ketones is 1. The summed E-state index contributed by atoms with van der Waals surface area (Å²) < 4.78 is 1.11. The Kier molecular flexibility index (Phi) is 6.36. The molecule has 3 fully saturated rings. The maximum absolute atomic E-state index is 12.4. The van der Waals surface area contributed by atoms with Gasteiger partial charge in [-0.1, -0.05) is 34.8 Å². The number of nitrogens with zero attached hydrogens (tertiary/aromatic N) is 1. The fraction of sp³-hybridized carbons (Fsp3) is 0.621. The van der Waals surface area contributed by atoms with Gasteiger partial charge in [-0.15, -0.1) is 5.92 Å². The number of hydrogen-bond acceptors (Lipinski definition) is 3. The second kappa shape index (κ2) is 8.79. The smallest absolute Gasteiger partial charge is 0.155 e. The molecule has 182 valence electrons. The number of aliphatic hydroxyl groups is 1. The first kappa shape index (κ1) is 24.6. The van der Waals surface area contributed by atoms with Crippen LogP contribution in [0.5, 0.6) is 0 Å². The van der Waals surface area contributed by atoms with Gasteiger partial charge >= 0.3 is 0 Å². The van der Waals surface area contributed by atoms with E-state index in [1.807, 2.05) is 13.0 Å². The van der Waals surface area contributed by atoms with Gasteiger partial charge in [0.05, 0.1) is 5.69 Å². The SMILES string of the molecule is CC#C[C@]1(O)CC[C@H]2[C@@H]3C[C@@H](Br)C4=CC(=O)CC[C@@H]4[C@H]3[C@@H](c3ccc(N(C)C)c(Br)c3)C[C@@]21C. The zero-order valence-corrected chi connectivity index (χ0v) is 23.7. The molecule has 0 aromatic heterocycles. The predicted molar refractivity (Wildman–Crippen MR) is 145 cm³/mol. The van der Waals surface area contributed by atoms with E-state index in [0.29, 0.717) is 36.0 Å². The van der Waals surface area contributed by atoms with Crippen molar-refractivity contribution >= 4 is 43.3 Å². The highest BCUT2D eigenvalue weighted by molar-refractivity contribution is 9.10. The molecule has 4 aliphatic carbocycles. The molecule has 3 nitrogen and oxygen atoms in total. The number of anilines is 1. The third-order valence-electron chi connectivity index (χ3n) is 9.68. The van der Waals surface area contributed by atoms with Crippen LogP contribution in [0.2, 0.25) is 0 Å². The third kappa shape index (κ3) is 3.66. The van der Waals surface area contributed by atoms with Crippen molar-refractivity contribution in [3.05, 3.63) is 39.9 Å². The lowest BCUT2D eigenvalue weighted by atomic mass is 9.46. The van der Waals surface area contributed by atoms with Gasteiger partial charge in [-0.3, -0.25) is 4.79 Å². The summed E-state index contributed by atoms with van der Waals surface area (Å²) in [6, 6.07) is 6.81.